The number of esters is 1. The molecule has 2 aromatic carbocycles. The van der Waals surface area contributed by atoms with Crippen LogP contribution in [0.1, 0.15) is 23.0 Å². The van der Waals surface area contributed by atoms with Gasteiger partial charge in [-0.25, -0.2) is 9.78 Å². The highest BCUT2D eigenvalue weighted by molar-refractivity contribution is 7.98. The Morgan fingerprint density at radius 1 is 1.14 bits per heavy atom. The summed E-state index contributed by atoms with van der Waals surface area (Å²) < 4.78 is 5.35. The Balaban J connectivity index is 1.55. The van der Waals surface area contributed by atoms with Gasteiger partial charge < -0.3 is 9.64 Å². The Morgan fingerprint density at radius 2 is 1.86 bits per heavy atom. The zero-order valence-corrected chi connectivity index (χ0v) is 17.2. The van der Waals surface area contributed by atoms with E-state index in [1.165, 1.54) is 4.90 Å². The van der Waals surface area contributed by atoms with Crippen LogP contribution in [0.3, 0.4) is 0 Å². The fraction of sp³-hybridized carbons (Fsp3) is 0.190. The number of hydrogen-bond donors (Lipinski definition) is 0. The average Bonchev–Trinajstić information content (AvgIpc) is 3.25. The normalized spacial score (nSPS) is 11.6. The molecule has 1 amide bonds. The van der Waals surface area contributed by atoms with Gasteiger partial charge in [0, 0.05) is 28.8 Å². The molecule has 0 fully saturated rings. The van der Waals surface area contributed by atoms with Crippen molar-refractivity contribution in [1.29, 1.82) is 0 Å². The number of aromatic nitrogens is 1. The van der Waals surface area contributed by atoms with E-state index in [4.69, 9.17) is 4.74 Å². The van der Waals surface area contributed by atoms with E-state index < -0.39 is 12.1 Å². The molecule has 0 aliphatic carbocycles. The van der Waals surface area contributed by atoms with E-state index in [1.54, 1.807) is 49.2 Å². The Bertz CT molecular complexity index is 913. The van der Waals surface area contributed by atoms with Gasteiger partial charge in [0.1, 0.15) is 0 Å². The minimum Gasteiger partial charge on any atom is -0.449 e. The van der Waals surface area contributed by atoms with E-state index in [2.05, 4.69) is 4.98 Å². The van der Waals surface area contributed by atoms with Crippen molar-refractivity contribution in [3.8, 4) is 0 Å². The molecule has 3 aromatic rings. The summed E-state index contributed by atoms with van der Waals surface area (Å²) in [7, 11) is 1.66. The molecule has 1 aromatic heterocycles. The fourth-order valence-corrected chi connectivity index (χ4v) is 3.95. The average molecular weight is 413 g/mol. The van der Waals surface area contributed by atoms with Gasteiger partial charge in [0.25, 0.3) is 5.91 Å². The number of thiazole rings is 1. The summed E-state index contributed by atoms with van der Waals surface area (Å²) in [4.78, 5) is 31.6. The number of nitrogens with zero attached hydrogens (tertiary/aromatic N) is 2. The fourth-order valence-electron chi connectivity index (χ4n) is 2.48. The van der Waals surface area contributed by atoms with Crippen molar-refractivity contribution in [3.63, 3.8) is 0 Å². The highest BCUT2D eigenvalue weighted by Gasteiger charge is 2.23. The van der Waals surface area contributed by atoms with Crippen molar-refractivity contribution in [2.75, 3.05) is 11.9 Å². The molecule has 0 spiro atoms. The third-order valence-electron chi connectivity index (χ3n) is 4.07. The Kier molecular flexibility index (Phi) is 6.84. The predicted octanol–water partition coefficient (Wildman–Crippen LogP) is 4.64. The minimum absolute atomic E-state index is 0.282. The first-order valence-corrected chi connectivity index (χ1v) is 10.6. The van der Waals surface area contributed by atoms with Crippen molar-refractivity contribution < 1.29 is 14.3 Å². The molecule has 0 N–H and O–H groups in total. The molecular formula is C21H20N2O3S2. The maximum Gasteiger partial charge on any atom is 0.338 e. The molecule has 144 valence electrons. The number of ether oxygens (including phenoxy) is 1. The van der Waals surface area contributed by atoms with Gasteiger partial charge in [0.05, 0.1) is 16.8 Å². The summed E-state index contributed by atoms with van der Waals surface area (Å²) in [5.74, 6) is -0.0154. The lowest BCUT2D eigenvalue weighted by molar-refractivity contribution is -0.126. The van der Waals surface area contributed by atoms with Crippen molar-refractivity contribution >= 4 is 40.7 Å². The standard InChI is InChI=1S/C21H20N2O3S2/c1-15(20(24)23(2)18-6-4-3-5-7-18)26-21(25)16-8-10-19(11-9-16)28-13-17-12-27-14-22-17/h3-12,14-15H,13H2,1-2H3. The maximum atomic E-state index is 12.5. The number of thioether (sulfide) groups is 1. The lowest BCUT2D eigenvalue weighted by Crippen LogP contribution is -2.37. The molecule has 0 radical (unpaired) electrons. The number of likely N-dealkylation sites (N-methyl/N-ethyl adjacent to an activating group) is 1. The van der Waals surface area contributed by atoms with Crippen LogP contribution in [0, 0.1) is 0 Å². The van der Waals surface area contributed by atoms with E-state index in [0.717, 1.165) is 22.0 Å². The second-order valence-electron chi connectivity index (χ2n) is 6.07. The third kappa shape index (κ3) is 5.21. The van der Waals surface area contributed by atoms with Crippen LogP contribution in [-0.4, -0.2) is 30.0 Å². The summed E-state index contributed by atoms with van der Waals surface area (Å²) in [6.07, 6.45) is -0.878. The number of carbonyl (C=O) groups is 2. The summed E-state index contributed by atoms with van der Waals surface area (Å²) in [6.45, 7) is 1.58. The van der Waals surface area contributed by atoms with Gasteiger partial charge in [0.2, 0.25) is 0 Å². The third-order valence-corrected chi connectivity index (χ3v) is 5.75. The zero-order valence-electron chi connectivity index (χ0n) is 15.6. The van der Waals surface area contributed by atoms with Crippen molar-refractivity contribution in [3.05, 3.63) is 76.7 Å². The first kappa shape index (κ1) is 20.1. The molecule has 0 aliphatic rings. The zero-order chi connectivity index (χ0) is 19.9. The number of hydrogen-bond acceptors (Lipinski definition) is 6. The molecule has 0 aliphatic heterocycles. The number of para-hydroxylation sites is 1. The lowest BCUT2D eigenvalue weighted by Gasteiger charge is -2.21. The van der Waals surface area contributed by atoms with Crippen LogP contribution in [-0.2, 0) is 15.3 Å². The molecule has 28 heavy (non-hydrogen) atoms. The van der Waals surface area contributed by atoms with Crippen LogP contribution < -0.4 is 4.90 Å². The van der Waals surface area contributed by atoms with Crippen molar-refractivity contribution in [1.82, 2.24) is 4.98 Å². The molecular weight excluding hydrogens is 392 g/mol. The molecule has 7 heteroatoms. The minimum atomic E-state index is -0.878. The molecule has 0 bridgehead atoms. The van der Waals surface area contributed by atoms with Crippen molar-refractivity contribution in [2.45, 2.75) is 23.7 Å². The number of benzene rings is 2. The van der Waals surface area contributed by atoms with Crippen LogP contribution in [0.5, 0.6) is 0 Å². The molecule has 3 rings (SSSR count). The van der Waals surface area contributed by atoms with Gasteiger partial charge in [-0.15, -0.1) is 23.1 Å². The number of anilines is 1. The molecule has 0 saturated heterocycles. The highest BCUT2D eigenvalue weighted by Crippen LogP contribution is 2.23. The number of carbonyl (C=O) groups excluding carboxylic acids is 2. The first-order valence-electron chi connectivity index (χ1n) is 8.68. The van der Waals surface area contributed by atoms with Gasteiger partial charge in [-0.3, -0.25) is 4.79 Å². The van der Waals surface area contributed by atoms with E-state index >= 15 is 0 Å². The van der Waals surface area contributed by atoms with Crippen LogP contribution in [0.15, 0.2) is 70.4 Å². The van der Waals surface area contributed by atoms with E-state index in [0.29, 0.717) is 5.56 Å². The molecule has 0 saturated carbocycles. The monoisotopic (exact) mass is 412 g/mol. The summed E-state index contributed by atoms with van der Waals surface area (Å²) in [5.41, 5.74) is 4.01. The van der Waals surface area contributed by atoms with Gasteiger partial charge in [-0.2, -0.15) is 0 Å². The SMILES string of the molecule is CC(OC(=O)c1ccc(SCc2cscn2)cc1)C(=O)N(C)c1ccccc1. The molecule has 1 heterocycles. The smallest absolute Gasteiger partial charge is 0.338 e. The van der Waals surface area contributed by atoms with Crippen LogP contribution >= 0.6 is 23.1 Å². The van der Waals surface area contributed by atoms with Gasteiger partial charge in [-0.1, -0.05) is 18.2 Å². The van der Waals surface area contributed by atoms with Gasteiger partial charge in [-0.05, 0) is 43.3 Å². The van der Waals surface area contributed by atoms with E-state index in [9.17, 15) is 9.59 Å². The largest absolute Gasteiger partial charge is 0.449 e. The quantitative estimate of drug-likeness (QED) is 0.418. The first-order chi connectivity index (χ1) is 13.5. The maximum absolute atomic E-state index is 12.5. The lowest BCUT2D eigenvalue weighted by atomic mass is 10.2. The predicted molar refractivity (Wildman–Crippen MR) is 113 cm³/mol. The van der Waals surface area contributed by atoms with Gasteiger partial charge in [0.15, 0.2) is 6.10 Å². The summed E-state index contributed by atoms with van der Waals surface area (Å²) in [5, 5.41) is 2.02. The number of rotatable bonds is 7. The second-order valence-corrected chi connectivity index (χ2v) is 7.84. The highest BCUT2D eigenvalue weighted by atomic mass is 32.2. The number of amides is 1. The Morgan fingerprint density at radius 3 is 2.50 bits per heavy atom. The summed E-state index contributed by atoms with van der Waals surface area (Å²) in [6, 6.07) is 16.4. The summed E-state index contributed by atoms with van der Waals surface area (Å²) >= 11 is 3.22. The van der Waals surface area contributed by atoms with Crippen LogP contribution in [0.25, 0.3) is 0 Å². The van der Waals surface area contributed by atoms with E-state index in [1.807, 2.05) is 53.4 Å². The van der Waals surface area contributed by atoms with E-state index in [-0.39, 0.29) is 5.91 Å². The topological polar surface area (TPSA) is 59.5 Å². The van der Waals surface area contributed by atoms with Crippen LogP contribution in [0.2, 0.25) is 0 Å². The van der Waals surface area contributed by atoms with Crippen molar-refractivity contribution in [2.24, 2.45) is 0 Å². The molecule has 1 unspecified atom stereocenters. The Hall–Kier alpha value is -2.64. The molecule has 1 atom stereocenters. The van der Waals surface area contributed by atoms with Gasteiger partial charge >= 0.3 is 5.97 Å². The van der Waals surface area contributed by atoms with Crippen LogP contribution in [0.4, 0.5) is 5.69 Å². The molecule has 5 nitrogen and oxygen atoms in total. The second kappa shape index (κ2) is 9.52. The Labute approximate surface area is 172 Å².